The molecule has 0 spiro atoms. The fraction of sp³-hybridized carbons (Fsp3) is 0.591. The van der Waals surface area contributed by atoms with Crippen molar-refractivity contribution in [2.24, 2.45) is 0 Å². The van der Waals surface area contributed by atoms with Crippen LogP contribution in [0.3, 0.4) is 0 Å². The van der Waals surface area contributed by atoms with Gasteiger partial charge in [0.05, 0.1) is 0 Å². The molecule has 0 aromatic heterocycles. The number of hydrogen-bond acceptors (Lipinski definition) is 2. The van der Waals surface area contributed by atoms with Gasteiger partial charge in [-0.15, -0.1) is 0 Å². The van der Waals surface area contributed by atoms with Crippen molar-refractivity contribution in [1.29, 1.82) is 0 Å². The van der Waals surface area contributed by atoms with Crippen LogP contribution in [-0.2, 0) is 9.53 Å². The molecule has 0 aliphatic heterocycles. The molecule has 3 nitrogen and oxygen atoms in total. The molecule has 25 heavy (non-hydrogen) atoms. The predicted molar refractivity (Wildman–Crippen MR) is 107 cm³/mol. The Morgan fingerprint density at radius 2 is 1.16 bits per heavy atom. The highest BCUT2D eigenvalue weighted by molar-refractivity contribution is 5.85. The summed E-state index contributed by atoms with van der Waals surface area (Å²) in [7, 11) is 1.74. The van der Waals surface area contributed by atoms with Gasteiger partial charge < -0.3 is 9.84 Å². The largest absolute Gasteiger partial charge is 0.478 e. The second-order valence-corrected chi connectivity index (χ2v) is 6.74. The van der Waals surface area contributed by atoms with Crippen LogP contribution in [0.4, 0.5) is 0 Å². The van der Waals surface area contributed by atoms with Crippen LogP contribution in [0.5, 0.6) is 0 Å². The maximum absolute atomic E-state index is 10.7. The summed E-state index contributed by atoms with van der Waals surface area (Å²) in [5.41, 5.74) is 4.63. The van der Waals surface area contributed by atoms with Gasteiger partial charge in [-0.3, -0.25) is 0 Å². The third-order valence-electron chi connectivity index (χ3n) is 4.20. The molecule has 0 amide bonds. The van der Waals surface area contributed by atoms with Crippen molar-refractivity contribution in [2.45, 2.75) is 72.6 Å². The Labute approximate surface area is 154 Å². The van der Waals surface area contributed by atoms with Crippen LogP contribution in [0, 0.1) is 0 Å². The average molecular weight is 349 g/mol. The van der Waals surface area contributed by atoms with E-state index in [1.807, 2.05) is 0 Å². The van der Waals surface area contributed by atoms with Gasteiger partial charge in [-0.1, -0.05) is 41.0 Å². The van der Waals surface area contributed by atoms with Crippen molar-refractivity contribution in [2.75, 3.05) is 13.7 Å². The van der Waals surface area contributed by atoms with Crippen molar-refractivity contribution in [1.82, 2.24) is 0 Å². The normalized spacial score (nSPS) is 14.1. The summed E-state index contributed by atoms with van der Waals surface area (Å²) in [5, 5.41) is 8.81. The van der Waals surface area contributed by atoms with E-state index in [1.165, 1.54) is 16.7 Å². The summed E-state index contributed by atoms with van der Waals surface area (Å²) in [6.07, 6.45) is 15.8. The van der Waals surface area contributed by atoms with Crippen LogP contribution in [0.2, 0.25) is 0 Å². The molecule has 0 atom stereocenters. The standard InChI is InChI=1S/C22H36O3/c1-18(11-7-13-20(3)15-9-17-25-5)10-6-12-19(2)14-8-16-21(4)22(23)24/h11-12,15-16H,6-10,13-14,17H2,1-5H3,(H,23,24)/b18-11+,19-12+,20-15+,21-16+. The number of carbonyl (C=O) groups is 1. The van der Waals surface area contributed by atoms with Gasteiger partial charge in [0, 0.05) is 19.3 Å². The van der Waals surface area contributed by atoms with Crippen LogP contribution in [-0.4, -0.2) is 24.8 Å². The fourth-order valence-electron chi connectivity index (χ4n) is 2.43. The zero-order valence-corrected chi connectivity index (χ0v) is 16.7. The molecule has 0 rings (SSSR count). The Hall–Kier alpha value is -1.61. The van der Waals surface area contributed by atoms with Crippen molar-refractivity contribution in [3.05, 3.63) is 46.6 Å². The van der Waals surface area contributed by atoms with E-state index in [2.05, 4.69) is 39.0 Å². The van der Waals surface area contributed by atoms with E-state index in [9.17, 15) is 4.79 Å². The summed E-state index contributed by atoms with van der Waals surface area (Å²) < 4.78 is 5.05. The number of hydrogen-bond donors (Lipinski definition) is 1. The van der Waals surface area contributed by atoms with E-state index in [-0.39, 0.29) is 0 Å². The highest BCUT2D eigenvalue weighted by Crippen LogP contribution is 2.13. The summed E-state index contributed by atoms with van der Waals surface area (Å²) in [5.74, 6) is -0.828. The maximum atomic E-state index is 10.7. The minimum atomic E-state index is -0.828. The van der Waals surface area contributed by atoms with Crippen LogP contribution >= 0.6 is 0 Å². The lowest BCUT2D eigenvalue weighted by Crippen LogP contribution is -1.95. The molecule has 0 aliphatic rings. The SMILES string of the molecule is COCC/C=C(\C)CC/C=C(\C)CC/C=C(\C)CC/C=C(\C)C(=O)O. The molecule has 0 radical (unpaired) electrons. The Balaban J connectivity index is 4.03. The topological polar surface area (TPSA) is 46.5 Å². The molecule has 0 aromatic carbocycles. The van der Waals surface area contributed by atoms with E-state index in [0.29, 0.717) is 5.57 Å². The molecule has 142 valence electrons. The molecule has 0 aliphatic carbocycles. The van der Waals surface area contributed by atoms with Gasteiger partial charge in [-0.2, -0.15) is 0 Å². The zero-order chi connectivity index (χ0) is 19.1. The Morgan fingerprint density at radius 3 is 1.56 bits per heavy atom. The number of carboxylic acid groups (broad SMARTS) is 1. The van der Waals surface area contributed by atoms with E-state index in [0.717, 1.165) is 51.6 Å². The fourth-order valence-corrected chi connectivity index (χ4v) is 2.43. The van der Waals surface area contributed by atoms with Gasteiger partial charge in [-0.05, 0) is 72.6 Å². The highest BCUT2D eigenvalue weighted by Gasteiger charge is 1.98. The van der Waals surface area contributed by atoms with Gasteiger partial charge >= 0.3 is 5.97 Å². The first-order valence-corrected chi connectivity index (χ1v) is 9.22. The van der Waals surface area contributed by atoms with Crippen molar-refractivity contribution in [3.8, 4) is 0 Å². The molecule has 0 fully saturated rings. The zero-order valence-electron chi connectivity index (χ0n) is 16.7. The second kappa shape index (κ2) is 14.7. The first kappa shape index (κ1) is 23.4. The second-order valence-electron chi connectivity index (χ2n) is 6.74. The lowest BCUT2D eigenvalue weighted by molar-refractivity contribution is -0.132. The molecule has 0 bridgehead atoms. The van der Waals surface area contributed by atoms with Crippen molar-refractivity contribution >= 4 is 5.97 Å². The summed E-state index contributed by atoms with van der Waals surface area (Å²) in [6.45, 7) is 8.95. The third-order valence-corrected chi connectivity index (χ3v) is 4.20. The summed E-state index contributed by atoms with van der Waals surface area (Å²) >= 11 is 0. The Morgan fingerprint density at radius 1 is 0.760 bits per heavy atom. The number of rotatable bonds is 13. The number of methoxy groups -OCH3 is 1. The Kier molecular flexibility index (Phi) is 13.8. The van der Waals surface area contributed by atoms with Crippen molar-refractivity contribution in [3.63, 3.8) is 0 Å². The quantitative estimate of drug-likeness (QED) is 0.244. The molecule has 0 heterocycles. The van der Waals surface area contributed by atoms with Gasteiger partial charge in [0.2, 0.25) is 0 Å². The van der Waals surface area contributed by atoms with Crippen LogP contribution in [0.1, 0.15) is 72.6 Å². The maximum Gasteiger partial charge on any atom is 0.330 e. The summed E-state index contributed by atoms with van der Waals surface area (Å²) in [4.78, 5) is 10.7. The first-order valence-electron chi connectivity index (χ1n) is 9.22. The molecule has 0 unspecified atom stereocenters. The average Bonchev–Trinajstić information content (AvgIpc) is 2.54. The van der Waals surface area contributed by atoms with Crippen LogP contribution in [0.15, 0.2) is 46.6 Å². The molecular formula is C22H36O3. The van der Waals surface area contributed by atoms with Gasteiger partial charge in [0.1, 0.15) is 0 Å². The van der Waals surface area contributed by atoms with E-state index >= 15 is 0 Å². The molecule has 1 N–H and O–H groups in total. The molecule has 0 saturated heterocycles. The molecule has 0 aromatic rings. The molecule has 0 saturated carbocycles. The third kappa shape index (κ3) is 14.4. The minimum absolute atomic E-state index is 0.429. The minimum Gasteiger partial charge on any atom is -0.478 e. The number of ether oxygens (including phenoxy) is 1. The highest BCUT2D eigenvalue weighted by atomic mass is 16.5. The van der Waals surface area contributed by atoms with E-state index < -0.39 is 5.97 Å². The van der Waals surface area contributed by atoms with Gasteiger partial charge in [-0.25, -0.2) is 4.79 Å². The monoisotopic (exact) mass is 348 g/mol. The lowest BCUT2D eigenvalue weighted by atomic mass is 10.0. The number of aliphatic carboxylic acids is 1. The van der Waals surface area contributed by atoms with Gasteiger partial charge in [0.25, 0.3) is 0 Å². The van der Waals surface area contributed by atoms with Gasteiger partial charge in [0.15, 0.2) is 0 Å². The lowest BCUT2D eigenvalue weighted by Gasteiger charge is -2.03. The summed E-state index contributed by atoms with van der Waals surface area (Å²) in [6, 6.07) is 0. The van der Waals surface area contributed by atoms with E-state index in [1.54, 1.807) is 20.1 Å². The van der Waals surface area contributed by atoms with E-state index in [4.69, 9.17) is 9.84 Å². The number of allylic oxidation sites excluding steroid dienone is 6. The molecule has 3 heteroatoms. The van der Waals surface area contributed by atoms with Crippen LogP contribution in [0.25, 0.3) is 0 Å². The van der Waals surface area contributed by atoms with Crippen molar-refractivity contribution < 1.29 is 14.6 Å². The number of carboxylic acids is 1. The predicted octanol–water partition coefficient (Wildman–Crippen LogP) is 6.23. The first-order chi connectivity index (χ1) is 11.9. The molecular weight excluding hydrogens is 312 g/mol. The Bertz CT molecular complexity index is 507. The smallest absolute Gasteiger partial charge is 0.330 e. The van der Waals surface area contributed by atoms with Crippen LogP contribution < -0.4 is 0 Å².